The minimum absolute atomic E-state index is 0. The molecular formula is C25H36Cl2N4O3. The normalized spacial score (nSPS) is 27.1. The van der Waals surface area contributed by atoms with Gasteiger partial charge in [0.2, 0.25) is 5.91 Å². The van der Waals surface area contributed by atoms with Crippen molar-refractivity contribution in [1.82, 2.24) is 20.5 Å². The maximum absolute atomic E-state index is 13.4. The number of carbonyl (C=O) groups excluding carboxylic acids is 1. The van der Waals surface area contributed by atoms with Crippen molar-refractivity contribution in [1.29, 1.82) is 0 Å². The van der Waals surface area contributed by atoms with Gasteiger partial charge in [-0.25, -0.2) is 0 Å². The third kappa shape index (κ3) is 5.60. The second-order valence-electron chi connectivity index (χ2n) is 9.33. The lowest BCUT2D eigenvalue weighted by atomic mass is 9.61. The van der Waals surface area contributed by atoms with Crippen LogP contribution in [0.1, 0.15) is 25.7 Å². The molecule has 2 aromatic rings. The number of nitrogens with one attached hydrogen (secondary N) is 2. The van der Waals surface area contributed by atoms with Gasteiger partial charge in [0.25, 0.3) is 0 Å². The van der Waals surface area contributed by atoms with Crippen LogP contribution in [0.15, 0.2) is 36.5 Å². The number of pyridine rings is 1. The third-order valence-electron chi connectivity index (χ3n) is 7.63. The van der Waals surface area contributed by atoms with Gasteiger partial charge in [0.1, 0.15) is 17.9 Å². The Kier molecular flexibility index (Phi) is 9.80. The van der Waals surface area contributed by atoms with Crippen molar-refractivity contribution in [3.05, 3.63) is 36.5 Å². The number of carbonyl (C=O) groups is 1. The average molecular weight is 511 g/mol. The summed E-state index contributed by atoms with van der Waals surface area (Å²) in [6.07, 6.45) is 6.01. The van der Waals surface area contributed by atoms with Crippen molar-refractivity contribution in [2.45, 2.75) is 31.7 Å². The Balaban J connectivity index is 0.00000162. The standard InChI is InChI=1S/C25H34N4O3.2ClH/c30-24(28-11-14-32-22-5-1-3-19-4-2-9-27-23(19)22)25-8-6-21(29-12-15-31-16-13-29)17-20(25)7-10-26-18-25;;/h1-5,9,20-21,26H,6-8,10-18H2,(H,28,30);2*1H/t20-,21-,25-;;/m1../s1. The van der Waals surface area contributed by atoms with Crippen molar-refractivity contribution in [3.8, 4) is 5.75 Å². The molecule has 1 amide bonds. The van der Waals surface area contributed by atoms with E-state index in [-0.39, 0.29) is 36.1 Å². The maximum Gasteiger partial charge on any atom is 0.227 e. The number of aromatic nitrogens is 1. The molecule has 188 valence electrons. The predicted octanol–water partition coefficient (Wildman–Crippen LogP) is 3.05. The first-order valence-electron chi connectivity index (χ1n) is 12.0. The molecule has 3 heterocycles. The van der Waals surface area contributed by atoms with Crippen LogP contribution in [0.5, 0.6) is 5.75 Å². The second-order valence-corrected chi connectivity index (χ2v) is 9.33. The lowest BCUT2D eigenvalue weighted by molar-refractivity contribution is -0.140. The first-order chi connectivity index (χ1) is 15.8. The van der Waals surface area contributed by atoms with E-state index in [1.165, 1.54) is 0 Å². The van der Waals surface area contributed by atoms with Gasteiger partial charge in [-0.15, -0.1) is 24.8 Å². The fourth-order valence-corrected chi connectivity index (χ4v) is 5.86. The van der Waals surface area contributed by atoms with Crippen LogP contribution in [0, 0.1) is 11.3 Å². The zero-order chi connectivity index (χ0) is 21.8. The van der Waals surface area contributed by atoms with Crippen LogP contribution in [0.4, 0.5) is 0 Å². The van der Waals surface area contributed by atoms with Crippen LogP contribution in [0.2, 0.25) is 0 Å². The third-order valence-corrected chi connectivity index (χ3v) is 7.63. The lowest BCUT2D eigenvalue weighted by Crippen LogP contribution is -2.60. The monoisotopic (exact) mass is 510 g/mol. The van der Waals surface area contributed by atoms with E-state index in [0.29, 0.717) is 25.1 Å². The number of benzene rings is 1. The summed E-state index contributed by atoms with van der Waals surface area (Å²) in [5, 5.41) is 7.76. The number of amides is 1. The first kappa shape index (κ1) is 27.0. The van der Waals surface area contributed by atoms with Crippen LogP contribution in [0.3, 0.4) is 0 Å². The molecule has 3 atom stereocenters. The summed E-state index contributed by atoms with van der Waals surface area (Å²) in [6.45, 7) is 6.45. The summed E-state index contributed by atoms with van der Waals surface area (Å²) in [5.41, 5.74) is 0.570. The highest BCUT2D eigenvalue weighted by molar-refractivity contribution is 5.86. The number of ether oxygens (including phenoxy) is 2. The number of para-hydroxylation sites is 1. The largest absolute Gasteiger partial charge is 0.489 e. The molecule has 2 N–H and O–H groups in total. The van der Waals surface area contributed by atoms with Crippen LogP contribution >= 0.6 is 24.8 Å². The van der Waals surface area contributed by atoms with Crippen LogP contribution in [-0.4, -0.2) is 74.4 Å². The minimum Gasteiger partial charge on any atom is -0.489 e. The van der Waals surface area contributed by atoms with Crippen LogP contribution in [-0.2, 0) is 9.53 Å². The number of hydrogen-bond acceptors (Lipinski definition) is 6. The van der Waals surface area contributed by atoms with Crippen molar-refractivity contribution in [3.63, 3.8) is 0 Å². The van der Waals surface area contributed by atoms with E-state index in [4.69, 9.17) is 9.47 Å². The maximum atomic E-state index is 13.4. The summed E-state index contributed by atoms with van der Waals surface area (Å²) in [7, 11) is 0. The van der Waals surface area contributed by atoms with E-state index in [0.717, 1.165) is 81.7 Å². The summed E-state index contributed by atoms with van der Waals surface area (Å²) in [4.78, 5) is 20.4. The molecule has 1 aromatic carbocycles. The van der Waals surface area contributed by atoms with E-state index in [9.17, 15) is 4.79 Å². The molecule has 2 aliphatic heterocycles. The van der Waals surface area contributed by atoms with Gasteiger partial charge in [-0.3, -0.25) is 14.7 Å². The zero-order valence-corrected chi connectivity index (χ0v) is 21.2. The summed E-state index contributed by atoms with van der Waals surface area (Å²) in [5.74, 6) is 1.39. The number of rotatable bonds is 6. The highest BCUT2D eigenvalue weighted by Gasteiger charge is 2.50. The number of hydrogen-bond donors (Lipinski definition) is 2. The molecule has 1 aromatic heterocycles. The van der Waals surface area contributed by atoms with Gasteiger partial charge < -0.3 is 20.1 Å². The number of halogens is 2. The Labute approximate surface area is 214 Å². The van der Waals surface area contributed by atoms with E-state index in [1.807, 2.05) is 30.3 Å². The van der Waals surface area contributed by atoms with Crippen LogP contribution in [0.25, 0.3) is 10.9 Å². The Morgan fingerprint density at radius 1 is 1.21 bits per heavy atom. The molecule has 3 fully saturated rings. The molecule has 9 heteroatoms. The summed E-state index contributed by atoms with van der Waals surface area (Å²) < 4.78 is 11.5. The van der Waals surface area contributed by atoms with Crippen molar-refractivity contribution in [2.75, 3.05) is 52.5 Å². The Hall–Kier alpha value is -1.64. The summed E-state index contributed by atoms with van der Waals surface area (Å²) in [6, 6.07) is 10.5. The molecule has 5 rings (SSSR count). The molecule has 34 heavy (non-hydrogen) atoms. The van der Waals surface area contributed by atoms with Crippen molar-refractivity contribution in [2.24, 2.45) is 11.3 Å². The molecule has 0 bridgehead atoms. The molecule has 1 aliphatic carbocycles. The van der Waals surface area contributed by atoms with Gasteiger partial charge >= 0.3 is 0 Å². The van der Waals surface area contributed by atoms with Crippen LogP contribution < -0.4 is 15.4 Å². The second kappa shape index (κ2) is 12.4. The average Bonchev–Trinajstić information content (AvgIpc) is 2.86. The smallest absolute Gasteiger partial charge is 0.227 e. The van der Waals surface area contributed by atoms with E-state index in [2.05, 4.69) is 20.5 Å². The lowest BCUT2D eigenvalue weighted by Gasteiger charge is -2.50. The molecule has 2 saturated heterocycles. The van der Waals surface area contributed by atoms with Gasteiger partial charge in [0.15, 0.2) is 0 Å². The fraction of sp³-hybridized carbons (Fsp3) is 0.600. The molecule has 0 unspecified atom stereocenters. The Morgan fingerprint density at radius 2 is 2.03 bits per heavy atom. The molecule has 0 radical (unpaired) electrons. The quantitative estimate of drug-likeness (QED) is 0.581. The molecule has 0 spiro atoms. The zero-order valence-electron chi connectivity index (χ0n) is 19.5. The van der Waals surface area contributed by atoms with Gasteiger partial charge in [-0.2, -0.15) is 0 Å². The fourth-order valence-electron chi connectivity index (χ4n) is 5.86. The van der Waals surface area contributed by atoms with Gasteiger partial charge in [-0.1, -0.05) is 18.2 Å². The van der Waals surface area contributed by atoms with Gasteiger partial charge in [0, 0.05) is 37.3 Å². The number of piperidine rings is 1. The molecular weight excluding hydrogens is 475 g/mol. The topological polar surface area (TPSA) is 75.7 Å². The number of morpholine rings is 1. The van der Waals surface area contributed by atoms with Gasteiger partial charge in [0.05, 0.1) is 25.2 Å². The Morgan fingerprint density at radius 3 is 2.88 bits per heavy atom. The predicted molar refractivity (Wildman–Crippen MR) is 138 cm³/mol. The van der Waals surface area contributed by atoms with Crippen molar-refractivity contribution >= 4 is 41.6 Å². The van der Waals surface area contributed by atoms with E-state index >= 15 is 0 Å². The van der Waals surface area contributed by atoms with Crippen molar-refractivity contribution < 1.29 is 14.3 Å². The highest BCUT2D eigenvalue weighted by atomic mass is 35.5. The minimum atomic E-state index is -0.290. The Bertz CT molecular complexity index is 938. The summed E-state index contributed by atoms with van der Waals surface area (Å²) >= 11 is 0. The van der Waals surface area contributed by atoms with Gasteiger partial charge in [-0.05, 0) is 50.3 Å². The SMILES string of the molecule is Cl.Cl.O=C(NCCOc1cccc2cccnc12)[C@@]12CC[C@@H](N3CCOCC3)C[C@H]1CCNC2. The molecule has 3 aliphatic rings. The first-order valence-corrected chi connectivity index (χ1v) is 12.0. The van der Waals surface area contributed by atoms with E-state index in [1.54, 1.807) is 6.20 Å². The number of fused-ring (bicyclic) bond motifs is 2. The molecule has 7 nitrogen and oxygen atoms in total. The number of nitrogens with zero attached hydrogens (tertiary/aromatic N) is 2. The highest BCUT2D eigenvalue weighted by Crippen LogP contribution is 2.46. The van der Waals surface area contributed by atoms with E-state index < -0.39 is 0 Å². The molecule has 1 saturated carbocycles.